The molecule has 0 spiro atoms. The molecule has 1 aromatic rings. The molecule has 1 aromatic carbocycles. The van der Waals surface area contributed by atoms with Crippen LogP contribution in [-0.4, -0.2) is 48.0 Å². The summed E-state index contributed by atoms with van der Waals surface area (Å²) < 4.78 is 47.2. The fourth-order valence-electron chi connectivity index (χ4n) is 3.61. The number of anilines is 2. The van der Waals surface area contributed by atoms with Crippen molar-refractivity contribution in [2.75, 3.05) is 24.1 Å². The third kappa shape index (κ3) is 3.13. The maximum atomic E-state index is 12.8. The number of hydrogen-bond acceptors (Lipinski definition) is 5. The molecule has 2 atom stereocenters. The number of rotatable bonds is 4. The van der Waals surface area contributed by atoms with Crippen LogP contribution in [0.2, 0.25) is 0 Å². The lowest BCUT2D eigenvalue weighted by Crippen LogP contribution is -2.62. The van der Waals surface area contributed by atoms with Gasteiger partial charge in [-0.3, -0.25) is 9.69 Å². The lowest BCUT2D eigenvalue weighted by Gasteiger charge is -2.49. The van der Waals surface area contributed by atoms with Gasteiger partial charge in [-0.2, -0.15) is 0 Å². The van der Waals surface area contributed by atoms with Crippen molar-refractivity contribution in [3.05, 3.63) is 18.2 Å². The number of carbonyl (C=O) groups is 1. The minimum Gasteiger partial charge on any atom is -0.404 e. The van der Waals surface area contributed by atoms with Gasteiger partial charge in [0.1, 0.15) is 5.54 Å². The number of nitrogens with two attached hydrogens (primary N) is 1. The van der Waals surface area contributed by atoms with Crippen molar-refractivity contribution in [3.8, 4) is 5.75 Å². The van der Waals surface area contributed by atoms with Crippen LogP contribution >= 0.6 is 0 Å². The molecule has 3 saturated heterocycles. The Bertz CT molecular complexity index is 690. The molecule has 2 unspecified atom stereocenters. The van der Waals surface area contributed by atoms with Gasteiger partial charge in [-0.1, -0.05) is 0 Å². The number of carbonyl (C=O) groups excluding carboxylic acids is 1. The summed E-state index contributed by atoms with van der Waals surface area (Å²) >= 11 is 0. The highest BCUT2D eigenvalue weighted by atomic mass is 19.4. The monoisotopic (exact) mass is 357 g/mol. The molecule has 4 aliphatic rings. The highest BCUT2D eigenvalue weighted by Gasteiger charge is 2.58. The molecule has 4 fully saturated rings. The molecular weight excluding hydrogens is 339 g/mol. The number of nitrogen functional groups attached to an aromatic ring is 1. The summed E-state index contributed by atoms with van der Waals surface area (Å²) in [4.78, 5) is 14.9. The zero-order chi connectivity index (χ0) is 17.8. The maximum Gasteiger partial charge on any atom is 0.573 e. The first-order valence-corrected chi connectivity index (χ1v) is 8.12. The minimum absolute atomic E-state index is 0.0768. The van der Waals surface area contributed by atoms with Crippen LogP contribution in [-0.2, 0) is 9.53 Å². The van der Waals surface area contributed by atoms with Crippen molar-refractivity contribution < 1.29 is 27.4 Å². The number of nitrogens with zero attached hydrogens (tertiary/aromatic N) is 1. The lowest BCUT2D eigenvalue weighted by molar-refractivity contribution is -0.274. The van der Waals surface area contributed by atoms with Crippen molar-refractivity contribution in [3.63, 3.8) is 0 Å². The topological polar surface area (TPSA) is 76.8 Å². The number of nitrogens with one attached hydrogen (secondary N) is 1. The Hall–Kier alpha value is -2.00. The zero-order valence-electron chi connectivity index (χ0n) is 13.3. The van der Waals surface area contributed by atoms with E-state index in [0.717, 1.165) is 12.5 Å². The molecule has 0 aromatic heterocycles. The van der Waals surface area contributed by atoms with Gasteiger partial charge in [0.2, 0.25) is 5.91 Å². The van der Waals surface area contributed by atoms with Gasteiger partial charge in [0.05, 0.1) is 17.9 Å². The zero-order valence-corrected chi connectivity index (χ0v) is 13.3. The first kappa shape index (κ1) is 16.5. The van der Waals surface area contributed by atoms with E-state index in [1.807, 2.05) is 0 Å². The van der Waals surface area contributed by atoms with Gasteiger partial charge in [0, 0.05) is 25.2 Å². The Labute approximate surface area is 142 Å². The van der Waals surface area contributed by atoms with Crippen molar-refractivity contribution >= 4 is 17.3 Å². The number of ether oxygens (including phenoxy) is 2. The molecule has 1 saturated carbocycles. The summed E-state index contributed by atoms with van der Waals surface area (Å²) in [6, 6.07) is 3.66. The molecule has 1 amide bonds. The molecule has 25 heavy (non-hydrogen) atoms. The summed E-state index contributed by atoms with van der Waals surface area (Å²) in [7, 11) is 0. The van der Waals surface area contributed by atoms with E-state index in [4.69, 9.17) is 10.5 Å². The van der Waals surface area contributed by atoms with Crippen LogP contribution in [0.5, 0.6) is 5.75 Å². The fraction of sp³-hybridized carbons (Fsp3) is 0.562. The number of amides is 1. The van der Waals surface area contributed by atoms with Gasteiger partial charge in [0.15, 0.2) is 5.75 Å². The van der Waals surface area contributed by atoms with E-state index < -0.39 is 17.7 Å². The summed E-state index contributed by atoms with van der Waals surface area (Å²) in [6.45, 7) is 1.35. The SMILES string of the molecule is Nc1ccc(OC(F)(F)F)c(NC(=O)C2(N3CC4CC(C3)O4)CC2)c1. The minimum atomic E-state index is -4.85. The van der Waals surface area contributed by atoms with Crippen LogP contribution in [0.4, 0.5) is 24.5 Å². The number of hydrogen-bond donors (Lipinski definition) is 2. The van der Waals surface area contributed by atoms with Crippen molar-refractivity contribution in [2.24, 2.45) is 0 Å². The van der Waals surface area contributed by atoms with E-state index in [2.05, 4.69) is 15.0 Å². The summed E-state index contributed by atoms with van der Waals surface area (Å²) in [5.74, 6) is -0.804. The molecule has 3 aliphatic heterocycles. The third-order valence-electron chi connectivity index (χ3n) is 4.99. The van der Waals surface area contributed by atoms with Crippen LogP contribution in [0.3, 0.4) is 0 Å². The van der Waals surface area contributed by atoms with E-state index in [1.54, 1.807) is 0 Å². The summed E-state index contributed by atoms with van der Waals surface area (Å²) in [5.41, 5.74) is 5.14. The Balaban J connectivity index is 1.51. The number of halogens is 3. The molecule has 2 bridgehead atoms. The quantitative estimate of drug-likeness (QED) is 0.807. The molecule has 0 radical (unpaired) electrons. The molecule has 1 aliphatic carbocycles. The van der Waals surface area contributed by atoms with Crippen LogP contribution < -0.4 is 15.8 Å². The standard InChI is InChI=1S/C16H18F3N3O3/c17-16(18,19)25-13-2-1-9(20)5-12(13)21-14(23)15(3-4-15)22-7-10-6-11(8-22)24-10/h1-2,5,10-11H,3-4,6-8,20H2,(H,21,23). The second kappa shape index (κ2) is 5.50. The van der Waals surface area contributed by atoms with E-state index in [-0.39, 0.29) is 29.5 Å². The average Bonchev–Trinajstić information content (AvgIpc) is 3.30. The van der Waals surface area contributed by atoms with E-state index in [0.29, 0.717) is 25.9 Å². The second-order valence-corrected chi connectivity index (χ2v) is 6.81. The maximum absolute atomic E-state index is 12.8. The van der Waals surface area contributed by atoms with E-state index in [9.17, 15) is 18.0 Å². The van der Waals surface area contributed by atoms with Crippen LogP contribution in [0.15, 0.2) is 18.2 Å². The molecule has 6 nitrogen and oxygen atoms in total. The predicted molar refractivity (Wildman–Crippen MR) is 83.0 cm³/mol. The molecule has 5 rings (SSSR count). The van der Waals surface area contributed by atoms with Gasteiger partial charge >= 0.3 is 6.36 Å². The first-order valence-electron chi connectivity index (χ1n) is 8.12. The average molecular weight is 357 g/mol. The number of fused-ring (bicyclic) bond motifs is 2. The molecule has 9 heteroatoms. The Morgan fingerprint density at radius 2 is 1.96 bits per heavy atom. The normalized spacial score (nSPS) is 27.3. The third-order valence-corrected chi connectivity index (χ3v) is 4.99. The number of morpholine rings is 1. The van der Waals surface area contributed by atoms with Gasteiger partial charge in [-0.25, -0.2) is 0 Å². The highest BCUT2D eigenvalue weighted by Crippen LogP contribution is 2.47. The van der Waals surface area contributed by atoms with E-state index in [1.165, 1.54) is 12.1 Å². The Kier molecular flexibility index (Phi) is 3.62. The largest absolute Gasteiger partial charge is 0.573 e. The van der Waals surface area contributed by atoms with Crippen molar-refractivity contribution in [2.45, 2.75) is 43.4 Å². The molecule has 3 heterocycles. The predicted octanol–water partition coefficient (Wildman–Crippen LogP) is 2.11. The molecule has 3 N–H and O–H groups in total. The lowest BCUT2D eigenvalue weighted by atomic mass is 9.96. The summed E-state index contributed by atoms with van der Waals surface area (Å²) in [6.07, 6.45) is -2.18. The van der Waals surface area contributed by atoms with Crippen LogP contribution in [0.1, 0.15) is 19.3 Å². The van der Waals surface area contributed by atoms with Crippen molar-refractivity contribution in [1.82, 2.24) is 4.90 Å². The van der Waals surface area contributed by atoms with Crippen LogP contribution in [0.25, 0.3) is 0 Å². The van der Waals surface area contributed by atoms with Crippen LogP contribution in [0, 0.1) is 0 Å². The van der Waals surface area contributed by atoms with Gasteiger partial charge in [-0.05, 0) is 31.0 Å². The van der Waals surface area contributed by atoms with Crippen molar-refractivity contribution in [1.29, 1.82) is 0 Å². The van der Waals surface area contributed by atoms with Gasteiger partial charge < -0.3 is 20.5 Å². The fourth-order valence-corrected chi connectivity index (χ4v) is 3.61. The first-order chi connectivity index (χ1) is 11.7. The van der Waals surface area contributed by atoms with Gasteiger partial charge in [0.25, 0.3) is 0 Å². The molecular formula is C16H18F3N3O3. The second-order valence-electron chi connectivity index (χ2n) is 6.81. The number of benzene rings is 1. The number of alkyl halides is 3. The number of piperidine rings is 1. The van der Waals surface area contributed by atoms with E-state index >= 15 is 0 Å². The Morgan fingerprint density at radius 1 is 1.32 bits per heavy atom. The Morgan fingerprint density at radius 3 is 2.52 bits per heavy atom. The highest BCUT2D eigenvalue weighted by molar-refractivity contribution is 6.01. The summed E-state index contributed by atoms with van der Waals surface area (Å²) in [5, 5.41) is 2.58. The smallest absolute Gasteiger partial charge is 0.404 e. The molecule has 136 valence electrons. The van der Waals surface area contributed by atoms with Gasteiger partial charge in [-0.15, -0.1) is 13.2 Å².